The molecule has 5 heteroatoms. The second-order valence-electron chi connectivity index (χ2n) is 3.64. The van der Waals surface area contributed by atoms with E-state index in [0.717, 1.165) is 26.6 Å². The second kappa shape index (κ2) is 3.43. The van der Waals surface area contributed by atoms with Gasteiger partial charge in [-0.05, 0) is 24.6 Å². The Morgan fingerprint density at radius 2 is 2.12 bits per heavy atom. The number of hydrogen-bond acceptors (Lipinski definition) is 2. The number of rotatable bonds is 0. The fourth-order valence-corrected chi connectivity index (χ4v) is 2.30. The van der Waals surface area contributed by atoms with Gasteiger partial charge in [0.15, 0.2) is 5.15 Å². The minimum absolute atomic E-state index is 0.478. The molecule has 16 heavy (non-hydrogen) atoms. The molecule has 0 fully saturated rings. The van der Waals surface area contributed by atoms with Gasteiger partial charge in [-0.15, -0.1) is 0 Å². The summed E-state index contributed by atoms with van der Waals surface area (Å²) >= 11 is 9.60. The molecule has 0 saturated carbocycles. The van der Waals surface area contributed by atoms with Crippen molar-refractivity contribution in [2.24, 2.45) is 0 Å². The van der Waals surface area contributed by atoms with Gasteiger partial charge in [0, 0.05) is 4.47 Å². The Labute approximate surface area is 105 Å². The zero-order valence-electron chi connectivity index (χ0n) is 8.41. The number of hydrogen-bond donors (Lipinski definition) is 0. The van der Waals surface area contributed by atoms with Crippen LogP contribution in [-0.4, -0.2) is 14.4 Å². The normalized spacial score (nSPS) is 11.4. The topological polar surface area (TPSA) is 30.2 Å². The molecule has 80 valence electrons. The first-order valence-electron chi connectivity index (χ1n) is 4.74. The van der Waals surface area contributed by atoms with Crippen molar-refractivity contribution in [2.75, 3.05) is 0 Å². The Morgan fingerprint density at radius 1 is 1.31 bits per heavy atom. The lowest BCUT2D eigenvalue weighted by Gasteiger charge is -2.05. The van der Waals surface area contributed by atoms with Crippen molar-refractivity contribution >= 4 is 44.1 Å². The highest BCUT2D eigenvalue weighted by Gasteiger charge is 2.08. The Bertz CT molecular complexity index is 705. The molecule has 0 unspecified atom stereocenters. The number of aryl methyl sites for hydroxylation is 1. The maximum absolute atomic E-state index is 6.09. The molecular weight excluding hydrogens is 289 g/mol. The van der Waals surface area contributed by atoms with Crippen LogP contribution in [0.4, 0.5) is 0 Å². The van der Waals surface area contributed by atoms with Gasteiger partial charge in [0.1, 0.15) is 5.52 Å². The Hall–Kier alpha value is -1.13. The summed E-state index contributed by atoms with van der Waals surface area (Å²) in [5.74, 6) is 0. The van der Waals surface area contributed by atoms with Gasteiger partial charge in [-0.25, -0.2) is 9.97 Å². The molecule has 0 N–H and O–H groups in total. The largest absolute Gasteiger partial charge is 0.294 e. The van der Waals surface area contributed by atoms with Gasteiger partial charge in [0.2, 0.25) is 0 Å². The smallest absolute Gasteiger partial charge is 0.155 e. The van der Waals surface area contributed by atoms with Crippen molar-refractivity contribution in [1.82, 2.24) is 14.4 Å². The summed E-state index contributed by atoms with van der Waals surface area (Å²) < 4.78 is 2.99. The lowest BCUT2D eigenvalue weighted by atomic mass is 10.2. The number of halogens is 2. The van der Waals surface area contributed by atoms with E-state index in [-0.39, 0.29) is 0 Å². The van der Waals surface area contributed by atoms with Gasteiger partial charge in [0.05, 0.1) is 23.6 Å². The minimum atomic E-state index is 0.478. The van der Waals surface area contributed by atoms with E-state index >= 15 is 0 Å². The number of benzene rings is 1. The van der Waals surface area contributed by atoms with Crippen LogP contribution in [0.3, 0.4) is 0 Å². The molecule has 3 rings (SSSR count). The third-order valence-corrected chi connectivity index (χ3v) is 3.72. The molecule has 1 aromatic carbocycles. The van der Waals surface area contributed by atoms with E-state index in [4.69, 9.17) is 11.6 Å². The second-order valence-corrected chi connectivity index (χ2v) is 4.85. The van der Waals surface area contributed by atoms with Crippen molar-refractivity contribution in [3.05, 3.63) is 39.8 Å². The Kier molecular flexibility index (Phi) is 2.16. The van der Waals surface area contributed by atoms with Crippen LogP contribution < -0.4 is 0 Å². The average Bonchev–Trinajstić information content (AvgIpc) is 2.71. The fraction of sp³-hybridized carbons (Fsp3) is 0.0909. The van der Waals surface area contributed by atoms with Crippen LogP contribution in [0.15, 0.2) is 29.1 Å². The quantitative estimate of drug-likeness (QED) is 0.634. The minimum Gasteiger partial charge on any atom is -0.294 e. The van der Waals surface area contributed by atoms with Gasteiger partial charge >= 0.3 is 0 Å². The number of fused-ring (bicyclic) bond motifs is 3. The lowest BCUT2D eigenvalue weighted by Crippen LogP contribution is -1.92. The van der Waals surface area contributed by atoms with Crippen molar-refractivity contribution in [3.63, 3.8) is 0 Å². The van der Waals surface area contributed by atoms with Crippen LogP contribution in [0.5, 0.6) is 0 Å². The first kappa shape index (κ1) is 10.1. The molecule has 3 aromatic rings. The van der Waals surface area contributed by atoms with E-state index < -0.39 is 0 Å². The molecule has 0 atom stereocenters. The van der Waals surface area contributed by atoms with Crippen LogP contribution in [0.2, 0.25) is 5.15 Å². The molecule has 0 aliphatic rings. The van der Waals surface area contributed by atoms with Crippen molar-refractivity contribution in [3.8, 4) is 0 Å². The molecule has 3 nitrogen and oxygen atoms in total. The Balaban J connectivity index is 2.59. The van der Waals surface area contributed by atoms with Gasteiger partial charge < -0.3 is 0 Å². The van der Waals surface area contributed by atoms with Crippen LogP contribution in [0.25, 0.3) is 16.6 Å². The molecule has 0 amide bonds. The van der Waals surface area contributed by atoms with Crippen LogP contribution >= 0.6 is 27.5 Å². The van der Waals surface area contributed by atoms with E-state index in [1.807, 2.05) is 23.5 Å². The highest BCUT2D eigenvalue weighted by Crippen LogP contribution is 2.26. The van der Waals surface area contributed by atoms with Gasteiger partial charge in [-0.1, -0.05) is 27.5 Å². The van der Waals surface area contributed by atoms with Crippen LogP contribution in [-0.2, 0) is 0 Å². The summed E-state index contributed by atoms with van der Waals surface area (Å²) in [5.41, 5.74) is 3.83. The van der Waals surface area contributed by atoms with Crippen molar-refractivity contribution in [1.29, 1.82) is 0 Å². The van der Waals surface area contributed by atoms with E-state index in [1.54, 1.807) is 12.5 Å². The standard InChI is InChI=1S/C11H7BrClN3/c1-6-2-8-9(3-7(6)12)16-5-14-4-10(16)11(13)15-8/h2-5H,1H3. The number of imidazole rings is 1. The zero-order chi connectivity index (χ0) is 11.3. The summed E-state index contributed by atoms with van der Waals surface area (Å²) in [4.78, 5) is 8.45. The van der Waals surface area contributed by atoms with Crippen LogP contribution in [0, 0.1) is 6.92 Å². The predicted octanol–water partition coefficient (Wildman–Crippen LogP) is 3.61. The molecule has 2 aromatic heterocycles. The average molecular weight is 297 g/mol. The molecule has 0 bridgehead atoms. The van der Waals surface area contributed by atoms with E-state index in [1.165, 1.54) is 0 Å². The summed E-state index contributed by atoms with van der Waals surface area (Å²) in [6.07, 6.45) is 3.45. The third kappa shape index (κ3) is 1.33. The molecular formula is C11H7BrClN3. The van der Waals surface area contributed by atoms with E-state index in [0.29, 0.717) is 5.15 Å². The summed E-state index contributed by atoms with van der Waals surface area (Å²) in [6, 6.07) is 4.04. The molecule has 2 heterocycles. The molecule has 0 saturated heterocycles. The summed E-state index contributed by atoms with van der Waals surface area (Å²) in [5, 5.41) is 0.478. The monoisotopic (exact) mass is 295 g/mol. The lowest BCUT2D eigenvalue weighted by molar-refractivity contribution is 1.18. The SMILES string of the molecule is Cc1cc2nc(Cl)c3cncn3c2cc1Br. The maximum atomic E-state index is 6.09. The fourth-order valence-electron chi connectivity index (χ4n) is 1.74. The third-order valence-electron chi connectivity index (χ3n) is 2.58. The molecule has 0 radical (unpaired) electrons. The predicted molar refractivity (Wildman–Crippen MR) is 67.9 cm³/mol. The van der Waals surface area contributed by atoms with Crippen molar-refractivity contribution in [2.45, 2.75) is 6.92 Å². The Morgan fingerprint density at radius 3 is 2.94 bits per heavy atom. The highest BCUT2D eigenvalue weighted by atomic mass is 79.9. The van der Waals surface area contributed by atoms with Gasteiger partial charge in [-0.2, -0.15) is 0 Å². The summed E-state index contributed by atoms with van der Waals surface area (Å²) in [7, 11) is 0. The van der Waals surface area contributed by atoms with E-state index in [9.17, 15) is 0 Å². The van der Waals surface area contributed by atoms with Crippen LogP contribution in [0.1, 0.15) is 5.56 Å². The first-order chi connectivity index (χ1) is 7.66. The van der Waals surface area contributed by atoms with E-state index in [2.05, 4.69) is 25.9 Å². The maximum Gasteiger partial charge on any atom is 0.155 e. The summed E-state index contributed by atoms with van der Waals surface area (Å²) in [6.45, 7) is 2.03. The van der Waals surface area contributed by atoms with Gasteiger partial charge in [-0.3, -0.25) is 4.40 Å². The molecule has 0 aliphatic heterocycles. The number of nitrogens with zero attached hydrogens (tertiary/aromatic N) is 3. The first-order valence-corrected chi connectivity index (χ1v) is 5.91. The number of aromatic nitrogens is 3. The molecule has 0 spiro atoms. The zero-order valence-corrected chi connectivity index (χ0v) is 10.7. The highest BCUT2D eigenvalue weighted by molar-refractivity contribution is 9.10. The van der Waals surface area contributed by atoms with Gasteiger partial charge in [0.25, 0.3) is 0 Å². The molecule has 0 aliphatic carbocycles. The van der Waals surface area contributed by atoms with Crippen molar-refractivity contribution < 1.29 is 0 Å².